The molecule has 0 unspecified atom stereocenters. The molecule has 6 rings (SSSR count). The average molecular weight is 712 g/mol. The van der Waals surface area contributed by atoms with Crippen LogP contribution in [0.2, 0.25) is 0 Å². The molecule has 52 heavy (non-hydrogen) atoms. The Morgan fingerprint density at radius 3 is 2.40 bits per heavy atom. The number of hydrogen-bond acceptors (Lipinski definition) is 9. The maximum absolute atomic E-state index is 13.5. The van der Waals surface area contributed by atoms with Gasteiger partial charge in [-0.05, 0) is 63.0 Å². The summed E-state index contributed by atoms with van der Waals surface area (Å²) in [5.74, 6) is 1.45. The SMILES string of the molecule is COCC(C)(C)c1nnc2ccc(O[C@@H]3CC[C@H](NC(=O)Nc4cc(C(C)(C)C)nc(C(=O)NCC5(N(C)C)CCCC5)n4)c4ccccc43)cn12. The van der Waals surface area contributed by atoms with E-state index in [1.165, 1.54) is 0 Å². The maximum atomic E-state index is 13.5. The summed E-state index contributed by atoms with van der Waals surface area (Å²) in [6.45, 7) is 11.2. The molecule has 0 spiro atoms. The lowest BCUT2D eigenvalue weighted by Crippen LogP contribution is -2.51. The van der Waals surface area contributed by atoms with E-state index in [9.17, 15) is 9.59 Å². The number of amides is 3. The molecule has 1 aromatic carbocycles. The van der Waals surface area contributed by atoms with Gasteiger partial charge in [-0.15, -0.1) is 10.2 Å². The Bertz CT molecular complexity index is 1910. The maximum Gasteiger partial charge on any atom is 0.320 e. The monoisotopic (exact) mass is 711 g/mol. The predicted molar refractivity (Wildman–Crippen MR) is 200 cm³/mol. The van der Waals surface area contributed by atoms with E-state index in [0.29, 0.717) is 37.4 Å². The number of ether oxygens (including phenoxy) is 2. The highest BCUT2D eigenvalue weighted by Gasteiger charge is 2.37. The number of urea groups is 1. The fraction of sp³-hybridized carbons (Fsp3) is 0.538. The Hall–Kier alpha value is -4.62. The minimum absolute atomic E-state index is 0.0386. The van der Waals surface area contributed by atoms with Gasteiger partial charge < -0.3 is 25.0 Å². The van der Waals surface area contributed by atoms with Crippen LogP contribution in [0.1, 0.15) is 119 Å². The lowest BCUT2D eigenvalue weighted by Gasteiger charge is -2.36. The Balaban J connectivity index is 1.16. The highest BCUT2D eigenvalue weighted by atomic mass is 16.5. The van der Waals surface area contributed by atoms with Crippen LogP contribution >= 0.6 is 0 Å². The number of nitrogens with zero attached hydrogens (tertiary/aromatic N) is 6. The van der Waals surface area contributed by atoms with Crippen LogP contribution < -0.4 is 20.7 Å². The standard InChI is InChI=1S/C39H53N9O4/c1-37(2,3)30-21-31(43-33(42-30)34(49)40-23-39(47(6)7)19-11-12-20-39)44-36(50)41-28-16-17-29(27-14-10-9-13-26(27)28)52-25-15-18-32-45-46-35(48(32)22-25)38(4,5)24-51-8/h9-10,13-15,18,21-22,28-29H,11-12,16-17,19-20,23-24H2,1-8H3,(H,40,49)(H2,41,42,43,44,50)/t28-,29+/m0/s1. The van der Waals surface area contributed by atoms with Crippen molar-refractivity contribution in [3.63, 3.8) is 0 Å². The minimum Gasteiger partial charge on any atom is -0.484 e. The number of pyridine rings is 1. The number of methoxy groups -OCH3 is 1. The molecule has 2 aliphatic rings. The second-order valence-corrected chi connectivity index (χ2v) is 16.1. The van der Waals surface area contributed by atoms with Crippen molar-refractivity contribution in [3.8, 4) is 5.75 Å². The van der Waals surface area contributed by atoms with Gasteiger partial charge in [0.05, 0.1) is 24.5 Å². The van der Waals surface area contributed by atoms with E-state index in [0.717, 1.165) is 48.3 Å². The summed E-state index contributed by atoms with van der Waals surface area (Å²) in [5.41, 5.74) is 2.60. The van der Waals surface area contributed by atoms with Crippen molar-refractivity contribution in [1.82, 2.24) is 40.1 Å². The van der Waals surface area contributed by atoms with Crippen LogP contribution in [0.15, 0.2) is 48.7 Å². The fourth-order valence-electron chi connectivity index (χ4n) is 7.46. The normalized spacial score (nSPS) is 18.6. The lowest BCUT2D eigenvalue weighted by atomic mass is 9.85. The molecular formula is C39H53N9O4. The highest BCUT2D eigenvalue weighted by Crippen LogP contribution is 2.39. The number of benzene rings is 1. The van der Waals surface area contributed by atoms with Gasteiger partial charge >= 0.3 is 6.03 Å². The topological polar surface area (TPSA) is 148 Å². The van der Waals surface area contributed by atoms with E-state index in [4.69, 9.17) is 9.47 Å². The molecule has 13 nitrogen and oxygen atoms in total. The molecule has 278 valence electrons. The molecule has 13 heteroatoms. The van der Waals surface area contributed by atoms with Crippen molar-refractivity contribution in [2.75, 3.05) is 39.7 Å². The van der Waals surface area contributed by atoms with Gasteiger partial charge in [0, 0.05) is 36.1 Å². The number of nitrogens with one attached hydrogen (secondary N) is 3. The van der Waals surface area contributed by atoms with Crippen molar-refractivity contribution in [2.45, 2.75) is 102 Å². The van der Waals surface area contributed by atoms with E-state index >= 15 is 0 Å². The second kappa shape index (κ2) is 14.8. The van der Waals surface area contributed by atoms with E-state index < -0.39 is 6.03 Å². The van der Waals surface area contributed by atoms with Gasteiger partial charge in [0.2, 0.25) is 5.82 Å². The molecule has 4 aromatic rings. The van der Waals surface area contributed by atoms with Crippen molar-refractivity contribution in [3.05, 3.63) is 77.1 Å². The number of anilines is 1. The van der Waals surface area contributed by atoms with Crippen LogP contribution in [-0.4, -0.2) is 81.3 Å². The summed E-state index contributed by atoms with van der Waals surface area (Å²) < 4.78 is 14.0. The van der Waals surface area contributed by atoms with E-state index in [1.54, 1.807) is 13.2 Å². The Morgan fingerprint density at radius 1 is 0.981 bits per heavy atom. The Labute approximate surface area is 306 Å². The number of carbonyl (C=O) groups excluding carboxylic acids is 2. The molecular weight excluding hydrogens is 658 g/mol. The molecule has 2 aliphatic carbocycles. The molecule has 3 heterocycles. The zero-order chi connectivity index (χ0) is 37.3. The number of hydrogen-bond donors (Lipinski definition) is 3. The number of rotatable bonds is 11. The van der Waals surface area contributed by atoms with Crippen LogP contribution in [0.25, 0.3) is 5.65 Å². The molecule has 3 aromatic heterocycles. The zero-order valence-electron chi connectivity index (χ0n) is 31.7. The molecule has 3 amide bonds. The highest BCUT2D eigenvalue weighted by molar-refractivity contribution is 5.92. The van der Waals surface area contributed by atoms with Gasteiger partial charge in [0.15, 0.2) is 5.65 Å². The van der Waals surface area contributed by atoms with E-state index in [-0.39, 0.29) is 46.1 Å². The Morgan fingerprint density at radius 2 is 1.71 bits per heavy atom. The third-order valence-electron chi connectivity index (χ3n) is 10.5. The molecule has 1 fully saturated rings. The third kappa shape index (κ3) is 7.90. The molecule has 0 saturated heterocycles. The molecule has 1 saturated carbocycles. The first-order valence-electron chi connectivity index (χ1n) is 18.2. The first-order chi connectivity index (χ1) is 24.7. The molecule has 0 radical (unpaired) electrons. The van der Waals surface area contributed by atoms with Crippen LogP contribution in [-0.2, 0) is 15.6 Å². The summed E-state index contributed by atoms with van der Waals surface area (Å²) in [6, 6.07) is 12.9. The molecule has 0 aliphatic heterocycles. The van der Waals surface area contributed by atoms with Crippen molar-refractivity contribution in [1.29, 1.82) is 0 Å². The van der Waals surface area contributed by atoms with Gasteiger partial charge in [0.1, 0.15) is 23.5 Å². The number of likely N-dealkylation sites (N-methyl/N-ethyl adjacent to an activating group) is 1. The first-order valence-corrected chi connectivity index (χ1v) is 18.2. The lowest BCUT2D eigenvalue weighted by molar-refractivity contribution is 0.0889. The summed E-state index contributed by atoms with van der Waals surface area (Å²) >= 11 is 0. The van der Waals surface area contributed by atoms with Gasteiger partial charge in [0.25, 0.3) is 5.91 Å². The summed E-state index contributed by atoms with van der Waals surface area (Å²) in [7, 11) is 5.81. The third-order valence-corrected chi connectivity index (χ3v) is 10.5. The minimum atomic E-state index is -0.411. The summed E-state index contributed by atoms with van der Waals surface area (Å²) in [6.07, 6.45) is 7.40. The quantitative estimate of drug-likeness (QED) is 0.167. The van der Waals surface area contributed by atoms with Crippen molar-refractivity contribution >= 4 is 23.4 Å². The van der Waals surface area contributed by atoms with Crippen LogP contribution in [0, 0.1) is 0 Å². The second-order valence-electron chi connectivity index (χ2n) is 16.1. The van der Waals surface area contributed by atoms with Crippen LogP contribution in [0.4, 0.5) is 10.6 Å². The predicted octanol–water partition coefficient (Wildman–Crippen LogP) is 6.12. The van der Waals surface area contributed by atoms with Crippen LogP contribution in [0.5, 0.6) is 5.75 Å². The van der Waals surface area contributed by atoms with Crippen molar-refractivity contribution < 1.29 is 19.1 Å². The molecule has 3 N–H and O–H groups in total. The molecule has 2 atom stereocenters. The van der Waals surface area contributed by atoms with Gasteiger partial charge in [-0.3, -0.25) is 14.5 Å². The average Bonchev–Trinajstić information content (AvgIpc) is 3.76. The van der Waals surface area contributed by atoms with Crippen molar-refractivity contribution in [2.24, 2.45) is 0 Å². The summed E-state index contributed by atoms with van der Waals surface area (Å²) in [5, 5.41) is 17.9. The van der Waals surface area contributed by atoms with Gasteiger partial charge in [-0.1, -0.05) is 71.7 Å². The smallest absolute Gasteiger partial charge is 0.320 e. The Kier molecular flexibility index (Phi) is 10.6. The molecule has 0 bridgehead atoms. The van der Waals surface area contributed by atoms with E-state index in [1.807, 2.05) is 67.8 Å². The van der Waals surface area contributed by atoms with E-state index in [2.05, 4.69) is 69.0 Å². The van der Waals surface area contributed by atoms with Crippen LogP contribution in [0.3, 0.4) is 0 Å². The zero-order valence-corrected chi connectivity index (χ0v) is 31.7. The first kappa shape index (κ1) is 37.1. The van der Waals surface area contributed by atoms with Gasteiger partial charge in [-0.25, -0.2) is 14.8 Å². The summed E-state index contributed by atoms with van der Waals surface area (Å²) in [4.78, 5) is 38.3. The number of fused-ring (bicyclic) bond motifs is 2. The fourth-order valence-corrected chi connectivity index (χ4v) is 7.46. The number of carbonyl (C=O) groups is 2. The number of aromatic nitrogens is 5. The van der Waals surface area contributed by atoms with Gasteiger partial charge in [-0.2, -0.15) is 0 Å². The largest absolute Gasteiger partial charge is 0.484 e.